The molecule has 1 aromatic heterocycles. The van der Waals surface area contributed by atoms with Gasteiger partial charge in [-0.05, 0) is 31.2 Å². The van der Waals surface area contributed by atoms with Crippen LogP contribution >= 0.6 is 11.6 Å². The minimum Gasteiger partial charge on any atom is -0.506 e. The second kappa shape index (κ2) is 5.06. The molecule has 0 amide bonds. The van der Waals surface area contributed by atoms with Gasteiger partial charge in [0.15, 0.2) is 0 Å². The molecular weight excluding hydrogens is 236 g/mol. The minimum atomic E-state index is 0.190. The predicted octanol–water partition coefficient (Wildman–Crippen LogP) is 3.36. The summed E-state index contributed by atoms with van der Waals surface area (Å²) in [5.41, 5.74) is 2.32. The average molecular weight is 249 g/mol. The molecule has 0 spiro atoms. The highest BCUT2D eigenvalue weighted by Gasteiger charge is 2.04. The molecular formula is C13H13ClN2O. The number of benzene rings is 1. The van der Waals surface area contributed by atoms with Crippen LogP contribution in [0.25, 0.3) is 0 Å². The van der Waals surface area contributed by atoms with E-state index < -0.39 is 0 Å². The molecule has 2 N–H and O–H groups in total. The third-order valence-corrected chi connectivity index (χ3v) is 2.74. The van der Waals surface area contributed by atoms with E-state index in [4.69, 9.17) is 11.6 Å². The zero-order valence-corrected chi connectivity index (χ0v) is 10.2. The van der Waals surface area contributed by atoms with Gasteiger partial charge in [0, 0.05) is 5.69 Å². The number of para-hydroxylation sites is 1. The third-order valence-electron chi connectivity index (χ3n) is 2.41. The summed E-state index contributed by atoms with van der Waals surface area (Å²) in [4.78, 5) is 4.26. The third kappa shape index (κ3) is 2.88. The number of halogens is 1. The summed E-state index contributed by atoms with van der Waals surface area (Å²) in [6.07, 6.45) is 0. The van der Waals surface area contributed by atoms with Crippen molar-refractivity contribution in [3.8, 4) is 5.75 Å². The molecule has 0 atom stereocenters. The topological polar surface area (TPSA) is 45.1 Å². The van der Waals surface area contributed by atoms with E-state index in [1.165, 1.54) is 0 Å². The molecule has 2 aromatic rings. The van der Waals surface area contributed by atoms with E-state index in [2.05, 4.69) is 10.3 Å². The fraction of sp³-hybridized carbons (Fsp3) is 0.154. The Hall–Kier alpha value is -1.74. The van der Waals surface area contributed by atoms with E-state index in [0.717, 1.165) is 11.4 Å². The number of hydrogen-bond donors (Lipinski definition) is 2. The molecule has 1 heterocycles. The number of nitrogens with one attached hydrogen (secondary N) is 1. The fourth-order valence-corrected chi connectivity index (χ4v) is 1.72. The summed E-state index contributed by atoms with van der Waals surface area (Å²) in [6.45, 7) is 2.33. The second-order valence-corrected chi connectivity index (χ2v) is 4.16. The number of pyridine rings is 1. The molecule has 17 heavy (non-hydrogen) atoms. The fourth-order valence-electron chi connectivity index (χ4n) is 1.52. The van der Waals surface area contributed by atoms with Gasteiger partial charge >= 0.3 is 0 Å². The number of anilines is 1. The Bertz CT molecular complexity index is 529. The van der Waals surface area contributed by atoms with Gasteiger partial charge in [-0.1, -0.05) is 23.7 Å². The Kier molecular flexibility index (Phi) is 3.49. The van der Waals surface area contributed by atoms with Gasteiger partial charge in [0.2, 0.25) is 0 Å². The van der Waals surface area contributed by atoms with Crippen molar-refractivity contribution in [3.05, 3.63) is 52.8 Å². The van der Waals surface area contributed by atoms with Crippen LogP contribution < -0.4 is 5.32 Å². The van der Waals surface area contributed by atoms with Crippen LogP contribution in [-0.2, 0) is 6.54 Å². The van der Waals surface area contributed by atoms with Crippen molar-refractivity contribution in [3.63, 3.8) is 0 Å². The predicted molar refractivity (Wildman–Crippen MR) is 69.4 cm³/mol. The quantitative estimate of drug-likeness (QED) is 0.876. The summed E-state index contributed by atoms with van der Waals surface area (Å²) in [5, 5.41) is 13.4. The van der Waals surface area contributed by atoms with Crippen molar-refractivity contribution >= 4 is 17.3 Å². The molecule has 3 nitrogen and oxygen atoms in total. The average Bonchev–Trinajstić information content (AvgIpc) is 2.32. The van der Waals surface area contributed by atoms with Crippen LogP contribution in [-0.4, -0.2) is 10.1 Å². The Labute approximate surface area is 105 Å². The van der Waals surface area contributed by atoms with Crippen LogP contribution in [0.3, 0.4) is 0 Å². The Morgan fingerprint density at radius 3 is 2.76 bits per heavy atom. The van der Waals surface area contributed by atoms with Gasteiger partial charge < -0.3 is 10.4 Å². The van der Waals surface area contributed by atoms with Crippen LogP contribution in [0, 0.1) is 6.92 Å². The van der Waals surface area contributed by atoms with Gasteiger partial charge in [-0.15, -0.1) is 0 Å². The number of nitrogens with zero attached hydrogens (tertiary/aromatic N) is 1. The van der Waals surface area contributed by atoms with Crippen LogP contribution in [0.15, 0.2) is 36.4 Å². The van der Waals surface area contributed by atoms with Gasteiger partial charge in [-0.3, -0.25) is 4.98 Å². The van der Waals surface area contributed by atoms with Crippen molar-refractivity contribution < 1.29 is 5.11 Å². The highest BCUT2D eigenvalue weighted by molar-refractivity contribution is 6.33. The number of aryl methyl sites for hydroxylation is 1. The van der Waals surface area contributed by atoms with Gasteiger partial charge in [0.25, 0.3) is 0 Å². The lowest BCUT2D eigenvalue weighted by atomic mass is 10.2. The number of aromatic hydroxyl groups is 1. The number of rotatable bonds is 3. The first-order valence-corrected chi connectivity index (χ1v) is 5.68. The second-order valence-electron chi connectivity index (χ2n) is 3.75. The number of aromatic nitrogens is 1. The summed E-state index contributed by atoms with van der Waals surface area (Å²) in [7, 11) is 0. The molecule has 2 rings (SSSR count). The summed E-state index contributed by atoms with van der Waals surface area (Å²) in [6, 6.07) is 10.9. The molecule has 0 saturated carbocycles. The standard InChI is InChI=1S/C13H13ClN2O/c1-9-6-7-13(17)12(16-9)8-15-11-5-3-2-4-10(11)14/h2-7,15,17H,8H2,1H3. The maximum Gasteiger partial charge on any atom is 0.138 e. The van der Waals surface area contributed by atoms with E-state index in [-0.39, 0.29) is 5.75 Å². The molecule has 0 saturated heterocycles. The lowest BCUT2D eigenvalue weighted by Crippen LogP contribution is -2.03. The SMILES string of the molecule is Cc1ccc(O)c(CNc2ccccc2Cl)n1. The van der Waals surface area contributed by atoms with Crippen molar-refractivity contribution in [2.24, 2.45) is 0 Å². The molecule has 0 unspecified atom stereocenters. The largest absolute Gasteiger partial charge is 0.506 e. The minimum absolute atomic E-state index is 0.190. The molecule has 88 valence electrons. The van der Waals surface area contributed by atoms with Gasteiger partial charge in [-0.2, -0.15) is 0 Å². The Morgan fingerprint density at radius 1 is 1.24 bits per heavy atom. The first-order chi connectivity index (χ1) is 8.16. The van der Waals surface area contributed by atoms with E-state index >= 15 is 0 Å². The Balaban J connectivity index is 2.12. The zero-order valence-electron chi connectivity index (χ0n) is 9.44. The van der Waals surface area contributed by atoms with Crippen molar-refractivity contribution in [2.75, 3.05) is 5.32 Å². The molecule has 0 aliphatic carbocycles. The molecule has 1 aromatic carbocycles. The van der Waals surface area contributed by atoms with Crippen LogP contribution in [0.2, 0.25) is 5.02 Å². The van der Waals surface area contributed by atoms with E-state index in [1.54, 1.807) is 12.1 Å². The molecule has 0 aliphatic rings. The number of hydrogen-bond acceptors (Lipinski definition) is 3. The van der Waals surface area contributed by atoms with Crippen LogP contribution in [0.4, 0.5) is 5.69 Å². The lowest BCUT2D eigenvalue weighted by Gasteiger charge is -2.09. The molecule has 0 aliphatic heterocycles. The molecule has 0 fully saturated rings. The molecule has 0 radical (unpaired) electrons. The van der Waals surface area contributed by atoms with E-state index in [9.17, 15) is 5.11 Å². The summed E-state index contributed by atoms with van der Waals surface area (Å²) < 4.78 is 0. The van der Waals surface area contributed by atoms with Gasteiger partial charge in [0.05, 0.1) is 17.3 Å². The maximum absolute atomic E-state index is 9.65. The van der Waals surface area contributed by atoms with Gasteiger partial charge in [-0.25, -0.2) is 0 Å². The first kappa shape index (κ1) is 11.7. The maximum atomic E-state index is 9.65. The van der Waals surface area contributed by atoms with Crippen LogP contribution in [0.5, 0.6) is 5.75 Å². The van der Waals surface area contributed by atoms with Crippen molar-refractivity contribution in [1.82, 2.24) is 4.98 Å². The van der Waals surface area contributed by atoms with Crippen LogP contribution in [0.1, 0.15) is 11.4 Å². The van der Waals surface area contributed by atoms with Crippen molar-refractivity contribution in [2.45, 2.75) is 13.5 Å². The monoisotopic (exact) mass is 248 g/mol. The summed E-state index contributed by atoms with van der Waals surface area (Å²) >= 11 is 6.02. The highest BCUT2D eigenvalue weighted by Crippen LogP contribution is 2.22. The normalized spacial score (nSPS) is 10.2. The Morgan fingerprint density at radius 2 is 2.00 bits per heavy atom. The van der Waals surface area contributed by atoms with Gasteiger partial charge in [0.1, 0.15) is 11.4 Å². The molecule has 0 bridgehead atoms. The molecule has 4 heteroatoms. The summed E-state index contributed by atoms with van der Waals surface area (Å²) in [5.74, 6) is 0.190. The van der Waals surface area contributed by atoms with E-state index in [0.29, 0.717) is 17.3 Å². The highest BCUT2D eigenvalue weighted by atomic mass is 35.5. The van der Waals surface area contributed by atoms with E-state index in [1.807, 2.05) is 31.2 Å². The zero-order chi connectivity index (χ0) is 12.3. The van der Waals surface area contributed by atoms with Crippen molar-refractivity contribution in [1.29, 1.82) is 0 Å². The lowest BCUT2D eigenvalue weighted by molar-refractivity contribution is 0.464. The smallest absolute Gasteiger partial charge is 0.138 e. The first-order valence-electron chi connectivity index (χ1n) is 5.30.